The molecule has 1 fully saturated rings. The van der Waals surface area contributed by atoms with Crippen molar-refractivity contribution in [3.8, 4) is 0 Å². The SMILES string of the molecule is CCN1CCN(C(=O)COC(=O)c2c3c(nc4ccccc24)CCN(C)C3)CC1. The van der Waals surface area contributed by atoms with Crippen molar-refractivity contribution < 1.29 is 14.3 Å². The number of hydrogen-bond donors (Lipinski definition) is 0. The summed E-state index contributed by atoms with van der Waals surface area (Å²) in [6, 6.07) is 7.64. The molecule has 4 rings (SSSR count). The normalized spacial score (nSPS) is 17.9. The van der Waals surface area contributed by atoms with Crippen LogP contribution in [0.5, 0.6) is 0 Å². The average molecular weight is 396 g/mol. The Morgan fingerprint density at radius 3 is 2.62 bits per heavy atom. The summed E-state index contributed by atoms with van der Waals surface area (Å²) in [5, 5.41) is 0.788. The third kappa shape index (κ3) is 4.11. The van der Waals surface area contributed by atoms with Crippen molar-refractivity contribution in [3.63, 3.8) is 0 Å². The standard InChI is InChI=1S/C22H28N4O3/c1-3-25-10-12-26(13-11-25)20(27)15-29-22(28)21-16-6-4-5-7-18(16)23-19-8-9-24(2)14-17(19)21/h4-7H,3,8-15H2,1-2H3. The number of pyridine rings is 1. The van der Waals surface area contributed by atoms with E-state index in [-0.39, 0.29) is 12.5 Å². The number of likely N-dealkylation sites (N-methyl/N-ethyl adjacent to an activating group) is 2. The lowest BCUT2D eigenvalue weighted by atomic mass is 9.96. The van der Waals surface area contributed by atoms with E-state index < -0.39 is 5.97 Å². The van der Waals surface area contributed by atoms with Crippen molar-refractivity contribution in [3.05, 3.63) is 41.1 Å². The Balaban J connectivity index is 1.53. The second-order valence-electron chi connectivity index (χ2n) is 7.81. The molecule has 1 amide bonds. The number of benzene rings is 1. The second kappa shape index (κ2) is 8.47. The number of carbonyl (C=O) groups excluding carboxylic acids is 2. The molecule has 0 radical (unpaired) electrons. The van der Waals surface area contributed by atoms with Gasteiger partial charge in [-0.1, -0.05) is 25.1 Å². The minimum Gasteiger partial charge on any atom is -0.452 e. The maximum absolute atomic E-state index is 13.1. The first-order chi connectivity index (χ1) is 14.1. The maximum atomic E-state index is 13.1. The minimum absolute atomic E-state index is 0.126. The van der Waals surface area contributed by atoms with Gasteiger partial charge in [-0.3, -0.25) is 9.78 Å². The number of hydrogen-bond acceptors (Lipinski definition) is 6. The summed E-state index contributed by atoms with van der Waals surface area (Å²) in [6.45, 7) is 7.56. The highest BCUT2D eigenvalue weighted by Gasteiger charge is 2.27. The fourth-order valence-corrected chi connectivity index (χ4v) is 4.16. The van der Waals surface area contributed by atoms with Crippen LogP contribution in [0.15, 0.2) is 24.3 Å². The molecule has 1 aromatic heterocycles. The summed E-state index contributed by atoms with van der Waals surface area (Å²) in [5.41, 5.74) is 3.23. The lowest BCUT2D eigenvalue weighted by Crippen LogP contribution is -2.49. The Labute approximate surface area is 171 Å². The highest BCUT2D eigenvalue weighted by Crippen LogP contribution is 2.28. The van der Waals surface area contributed by atoms with Gasteiger partial charge in [-0.05, 0) is 19.7 Å². The molecule has 0 atom stereocenters. The van der Waals surface area contributed by atoms with Crippen molar-refractivity contribution in [2.24, 2.45) is 0 Å². The number of esters is 1. The minimum atomic E-state index is -0.435. The van der Waals surface area contributed by atoms with Crippen molar-refractivity contribution in [2.75, 3.05) is 52.9 Å². The highest BCUT2D eigenvalue weighted by molar-refractivity contribution is 6.05. The van der Waals surface area contributed by atoms with Gasteiger partial charge in [0, 0.05) is 62.3 Å². The fraction of sp³-hybridized carbons (Fsp3) is 0.500. The summed E-state index contributed by atoms with van der Waals surface area (Å²) in [5.74, 6) is -0.561. The van der Waals surface area contributed by atoms with Gasteiger partial charge < -0.3 is 19.4 Å². The summed E-state index contributed by atoms with van der Waals surface area (Å²) >= 11 is 0. The Bertz CT molecular complexity index is 922. The van der Waals surface area contributed by atoms with Crippen LogP contribution in [0.25, 0.3) is 10.9 Å². The van der Waals surface area contributed by atoms with Crippen molar-refractivity contribution in [1.82, 2.24) is 19.7 Å². The third-order valence-electron chi connectivity index (χ3n) is 5.94. The Morgan fingerprint density at radius 2 is 1.86 bits per heavy atom. The van der Waals surface area contributed by atoms with Crippen LogP contribution in [-0.2, 0) is 22.5 Å². The summed E-state index contributed by atoms with van der Waals surface area (Å²) in [6.07, 6.45) is 0.803. The first-order valence-electron chi connectivity index (χ1n) is 10.3. The second-order valence-corrected chi connectivity index (χ2v) is 7.81. The Hall–Kier alpha value is -2.51. The predicted molar refractivity (Wildman–Crippen MR) is 111 cm³/mol. The van der Waals surface area contributed by atoms with Gasteiger partial charge in [0.05, 0.1) is 11.1 Å². The van der Waals surface area contributed by atoms with E-state index in [0.717, 1.165) is 54.8 Å². The molecule has 29 heavy (non-hydrogen) atoms. The van der Waals surface area contributed by atoms with E-state index in [2.05, 4.69) is 16.7 Å². The number of amides is 1. The monoisotopic (exact) mass is 396 g/mol. The number of piperazine rings is 1. The Kier molecular flexibility index (Phi) is 5.78. The third-order valence-corrected chi connectivity index (χ3v) is 5.94. The van der Waals surface area contributed by atoms with Crippen LogP contribution in [0.1, 0.15) is 28.5 Å². The van der Waals surface area contributed by atoms with Crippen LogP contribution in [0.4, 0.5) is 0 Å². The van der Waals surface area contributed by atoms with E-state index in [9.17, 15) is 9.59 Å². The van der Waals surface area contributed by atoms with E-state index in [1.165, 1.54) is 0 Å². The molecule has 7 heteroatoms. The lowest BCUT2D eigenvalue weighted by molar-refractivity contribution is -0.136. The van der Waals surface area contributed by atoms with E-state index in [1.54, 1.807) is 4.90 Å². The summed E-state index contributed by atoms with van der Waals surface area (Å²) in [7, 11) is 2.03. The van der Waals surface area contributed by atoms with Gasteiger partial charge in [0.25, 0.3) is 5.91 Å². The van der Waals surface area contributed by atoms with Crippen LogP contribution >= 0.6 is 0 Å². The molecule has 154 valence electrons. The molecule has 0 saturated carbocycles. The van der Waals surface area contributed by atoms with Gasteiger partial charge in [0.1, 0.15) is 0 Å². The predicted octanol–water partition coefficient (Wildman–Crippen LogP) is 1.54. The van der Waals surface area contributed by atoms with E-state index in [4.69, 9.17) is 9.72 Å². The molecule has 7 nitrogen and oxygen atoms in total. The van der Waals surface area contributed by atoms with Crippen LogP contribution in [0.3, 0.4) is 0 Å². The molecule has 0 spiro atoms. The van der Waals surface area contributed by atoms with Gasteiger partial charge in [-0.25, -0.2) is 4.79 Å². The van der Waals surface area contributed by atoms with Crippen molar-refractivity contribution in [1.29, 1.82) is 0 Å². The first-order valence-corrected chi connectivity index (χ1v) is 10.3. The van der Waals surface area contributed by atoms with Gasteiger partial charge in [0.2, 0.25) is 0 Å². The number of fused-ring (bicyclic) bond motifs is 2. The maximum Gasteiger partial charge on any atom is 0.339 e. The van der Waals surface area contributed by atoms with Crippen LogP contribution in [0, 0.1) is 0 Å². The highest BCUT2D eigenvalue weighted by atomic mass is 16.5. The molecule has 0 N–H and O–H groups in total. The smallest absolute Gasteiger partial charge is 0.339 e. The Morgan fingerprint density at radius 1 is 1.10 bits per heavy atom. The van der Waals surface area contributed by atoms with E-state index in [0.29, 0.717) is 25.2 Å². The fourth-order valence-electron chi connectivity index (χ4n) is 4.16. The molecular weight excluding hydrogens is 368 g/mol. The van der Waals surface area contributed by atoms with Gasteiger partial charge in [-0.15, -0.1) is 0 Å². The number of rotatable bonds is 4. The zero-order valence-electron chi connectivity index (χ0n) is 17.2. The molecule has 3 heterocycles. The first kappa shape index (κ1) is 19.8. The zero-order chi connectivity index (χ0) is 20.4. The molecule has 2 aromatic rings. The zero-order valence-corrected chi connectivity index (χ0v) is 17.2. The van der Waals surface area contributed by atoms with Crippen molar-refractivity contribution >= 4 is 22.8 Å². The largest absolute Gasteiger partial charge is 0.452 e. The number of para-hydroxylation sites is 1. The topological polar surface area (TPSA) is 66.0 Å². The van der Waals surface area contributed by atoms with Gasteiger partial charge >= 0.3 is 5.97 Å². The quantitative estimate of drug-likeness (QED) is 0.731. The number of aromatic nitrogens is 1. The van der Waals surface area contributed by atoms with Gasteiger partial charge in [0.15, 0.2) is 6.61 Å². The number of nitrogens with zero attached hydrogens (tertiary/aromatic N) is 4. The van der Waals surface area contributed by atoms with E-state index in [1.807, 2.05) is 31.3 Å². The van der Waals surface area contributed by atoms with Crippen molar-refractivity contribution in [2.45, 2.75) is 19.9 Å². The van der Waals surface area contributed by atoms with Crippen LogP contribution < -0.4 is 0 Å². The molecule has 1 aromatic carbocycles. The average Bonchev–Trinajstić information content (AvgIpc) is 2.75. The van der Waals surface area contributed by atoms with Crippen LogP contribution in [-0.4, -0.2) is 84.5 Å². The lowest BCUT2D eigenvalue weighted by Gasteiger charge is -2.33. The molecule has 0 bridgehead atoms. The molecule has 0 unspecified atom stereocenters. The molecule has 0 aliphatic carbocycles. The molecule has 2 aliphatic heterocycles. The molecule has 2 aliphatic rings. The number of carbonyl (C=O) groups is 2. The molecule has 1 saturated heterocycles. The summed E-state index contributed by atoms with van der Waals surface area (Å²) in [4.78, 5) is 36.6. The van der Waals surface area contributed by atoms with E-state index >= 15 is 0 Å². The molecular formula is C22H28N4O3. The van der Waals surface area contributed by atoms with Crippen LogP contribution in [0.2, 0.25) is 0 Å². The summed E-state index contributed by atoms with van der Waals surface area (Å²) < 4.78 is 5.52. The number of ether oxygens (including phenoxy) is 1. The van der Waals surface area contributed by atoms with Gasteiger partial charge in [-0.2, -0.15) is 0 Å².